The molecule has 3 amide bonds. The lowest BCUT2D eigenvalue weighted by molar-refractivity contribution is -0.136. The molecule has 5 nitrogen and oxygen atoms in total. The summed E-state index contributed by atoms with van der Waals surface area (Å²) in [6.45, 7) is 1.22. The van der Waals surface area contributed by atoms with E-state index in [1.165, 1.54) is 0 Å². The third-order valence-corrected chi connectivity index (χ3v) is 7.28. The maximum Gasteiger partial charge on any atom is 0.294 e. The van der Waals surface area contributed by atoms with Crippen LogP contribution < -0.4 is 0 Å². The fourth-order valence-corrected chi connectivity index (χ4v) is 5.22. The maximum absolute atomic E-state index is 12.7. The highest BCUT2D eigenvalue weighted by atomic mass is 35.5. The van der Waals surface area contributed by atoms with Gasteiger partial charge in [-0.1, -0.05) is 35.5 Å². The van der Waals surface area contributed by atoms with Crippen molar-refractivity contribution in [2.75, 3.05) is 19.6 Å². The molecule has 2 fully saturated rings. The van der Waals surface area contributed by atoms with Crippen LogP contribution in [0.5, 0.6) is 0 Å². The third kappa shape index (κ3) is 5.53. The molecule has 0 aliphatic carbocycles. The van der Waals surface area contributed by atoms with Crippen LogP contribution in [0.4, 0.5) is 4.79 Å². The second kappa shape index (κ2) is 9.94. The molecule has 4 rings (SSSR count). The standard InChI is InChI=1S/C23H21ClN2O3S2/c24-17-6-10-19(11-7-17)30-18-8-4-16(5-9-18)14-20-22(28)26(23(29)31-20)15-21(27)25-12-2-1-3-13-25/h4-11,14H,1-3,12-13,15H2/b20-14-. The molecule has 0 atom stereocenters. The summed E-state index contributed by atoms with van der Waals surface area (Å²) in [7, 11) is 0. The SMILES string of the molecule is O=C(CN1C(=O)S/C(=C\c2ccc(Sc3ccc(Cl)cc3)cc2)C1=O)N1CCCCC1. The van der Waals surface area contributed by atoms with Crippen LogP contribution in [0.15, 0.2) is 63.2 Å². The smallest absolute Gasteiger partial charge is 0.294 e. The van der Waals surface area contributed by atoms with Gasteiger partial charge in [-0.2, -0.15) is 0 Å². The second-order valence-corrected chi connectivity index (χ2v) is 9.91. The van der Waals surface area contributed by atoms with E-state index in [1.54, 1.807) is 22.7 Å². The summed E-state index contributed by atoms with van der Waals surface area (Å²) in [5.41, 5.74) is 0.827. The van der Waals surface area contributed by atoms with Crippen molar-refractivity contribution < 1.29 is 14.4 Å². The van der Waals surface area contributed by atoms with Gasteiger partial charge in [0.2, 0.25) is 5.91 Å². The Hall–Kier alpha value is -2.22. The van der Waals surface area contributed by atoms with E-state index in [4.69, 9.17) is 11.6 Å². The van der Waals surface area contributed by atoms with Crippen molar-refractivity contribution in [2.24, 2.45) is 0 Å². The van der Waals surface area contributed by atoms with Gasteiger partial charge in [0.1, 0.15) is 6.54 Å². The molecule has 2 aromatic rings. The molecule has 2 aliphatic heterocycles. The lowest BCUT2D eigenvalue weighted by Gasteiger charge is -2.27. The highest BCUT2D eigenvalue weighted by molar-refractivity contribution is 8.18. The van der Waals surface area contributed by atoms with Crippen molar-refractivity contribution in [3.8, 4) is 0 Å². The van der Waals surface area contributed by atoms with Gasteiger partial charge in [0.25, 0.3) is 11.1 Å². The van der Waals surface area contributed by atoms with E-state index in [-0.39, 0.29) is 12.5 Å². The minimum absolute atomic E-state index is 0.160. The number of carbonyl (C=O) groups is 3. The Kier molecular flexibility index (Phi) is 7.05. The molecule has 0 radical (unpaired) electrons. The average Bonchev–Trinajstić information content (AvgIpc) is 3.04. The molecule has 2 aliphatic rings. The van der Waals surface area contributed by atoms with Crippen LogP contribution in [0.2, 0.25) is 5.02 Å². The summed E-state index contributed by atoms with van der Waals surface area (Å²) in [6, 6.07) is 15.4. The van der Waals surface area contributed by atoms with E-state index in [1.807, 2.05) is 48.5 Å². The Morgan fingerprint density at radius 2 is 1.58 bits per heavy atom. The first-order chi connectivity index (χ1) is 15.0. The molecule has 0 spiro atoms. The molecule has 31 heavy (non-hydrogen) atoms. The van der Waals surface area contributed by atoms with E-state index in [0.29, 0.717) is 23.0 Å². The van der Waals surface area contributed by atoms with Crippen LogP contribution in [0.25, 0.3) is 6.08 Å². The van der Waals surface area contributed by atoms with Gasteiger partial charge >= 0.3 is 0 Å². The summed E-state index contributed by atoms with van der Waals surface area (Å²) in [5, 5.41) is 0.308. The number of imide groups is 1. The molecule has 2 saturated heterocycles. The average molecular weight is 473 g/mol. The molecule has 160 valence electrons. The van der Waals surface area contributed by atoms with Crippen molar-refractivity contribution in [2.45, 2.75) is 29.1 Å². The fraction of sp³-hybridized carbons (Fsp3) is 0.261. The van der Waals surface area contributed by atoms with Gasteiger partial charge < -0.3 is 4.90 Å². The number of piperidine rings is 1. The number of hydrogen-bond acceptors (Lipinski definition) is 5. The summed E-state index contributed by atoms with van der Waals surface area (Å²) >= 11 is 8.42. The number of halogens is 1. The van der Waals surface area contributed by atoms with Crippen LogP contribution in [0.3, 0.4) is 0 Å². The molecular formula is C23H21ClN2O3S2. The van der Waals surface area contributed by atoms with Crippen molar-refractivity contribution >= 4 is 58.3 Å². The minimum atomic E-state index is -0.403. The Morgan fingerprint density at radius 3 is 2.23 bits per heavy atom. The number of nitrogens with zero attached hydrogens (tertiary/aromatic N) is 2. The summed E-state index contributed by atoms with van der Waals surface area (Å²) in [4.78, 5) is 42.8. The Bertz CT molecular complexity index is 1020. The normalized spacial score (nSPS) is 18.2. The first kappa shape index (κ1) is 22.0. The lowest BCUT2D eigenvalue weighted by Crippen LogP contribution is -2.44. The van der Waals surface area contributed by atoms with E-state index in [9.17, 15) is 14.4 Å². The number of carbonyl (C=O) groups excluding carboxylic acids is 3. The first-order valence-electron chi connectivity index (χ1n) is 10.1. The fourth-order valence-electron chi connectivity index (χ4n) is 3.44. The Morgan fingerprint density at radius 1 is 0.968 bits per heavy atom. The molecule has 0 N–H and O–H groups in total. The lowest BCUT2D eigenvalue weighted by atomic mass is 10.1. The number of thioether (sulfide) groups is 1. The topological polar surface area (TPSA) is 57.7 Å². The molecule has 8 heteroatoms. The van der Waals surface area contributed by atoms with Gasteiger partial charge in [-0.25, -0.2) is 0 Å². The molecule has 0 unspecified atom stereocenters. The maximum atomic E-state index is 12.7. The van der Waals surface area contributed by atoms with E-state index in [2.05, 4.69) is 0 Å². The van der Waals surface area contributed by atoms with E-state index >= 15 is 0 Å². The predicted octanol–water partition coefficient (Wildman–Crippen LogP) is 5.54. The third-order valence-electron chi connectivity index (χ3n) is 5.10. The van der Waals surface area contributed by atoms with Gasteiger partial charge in [0.15, 0.2) is 0 Å². The molecule has 0 saturated carbocycles. The summed E-state index contributed by atoms with van der Waals surface area (Å²) in [5.74, 6) is -0.563. The van der Waals surface area contributed by atoms with Crippen LogP contribution in [0, 0.1) is 0 Å². The van der Waals surface area contributed by atoms with E-state index in [0.717, 1.165) is 51.3 Å². The molecule has 2 heterocycles. The predicted molar refractivity (Wildman–Crippen MR) is 125 cm³/mol. The number of benzene rings is 2. The highest BCUT2D eigenvalue weighted by Crippen LogP contribution is 2.33. The Labute approximate surface area is 194 Å². The zero-order chi connectivity index (χ0) is 21.8. The van der Waals surface area contributed by atoms with Gasteiger partial charge in [-0.3, -0.25) is 19.3 Å². The van der Waals surface area contributed by atoms with Gasteiger partial charge in [-0.05, 0) is 79.1 Å². The monoisotopic (exact) mass is 472 g/mol. The van der Waals surface area contributed by atoms with Gasteiger partial charge in [0, 0.05) is 27.9 Å². The number of likely N-dealkylation sites (tertiary alicyclic amines) is 1. The number of amides is 3. The largest absolute Gasteiger partial charge is 0.341 e. The van der Waals surface area contributed by atoms with Crippen LogP contribution in [-0.2, 0) is 9.59 Å². The van der Waals surface area contributed by atoms with Crippen LogP contribution in [-0.4, -0.2) is 46.5 Å². The molecule has 0 aromatic heterocycles. The van der Waals surface area contributed by atoms with Gasteiger partial charge in [0.05, 0.1) is 4.91 Å². The quantitative estimate of drug-likeness (QED) is 0.535. The van der Waals surface area contributed by atoms with Gasteiger partial charge in [-0.15, -0.1) is 0 Å². The number of hydrogen-bond donors (Lipinski definition) is 0. The Balaban J connectivity index is 1.40. The summed E-state index contributed by atoms with van der Waals surface area (Å²) in [6.07, 6.45) is 4.76. The molecule has 2 aromatic carbocycles. The first-order valence-corrected chi connectivity index (χ1v) is 12.1. The van der Waals surface area contributed by atoms with Crippen molar-refractivity contribution in [1.29, 1.82) is 0 Å². The van der Waals surface area contributed by atoms with Crippen LogP contribution >= 0.6 is 35.1 Å². The second-order valence-electron chi connectivity index (χ2n) is 7.33. The molecular weight excluding hydrogens is 452 g/mol. The highest BCUT2D eigenvalue weighted by Gasteiger charge is 2.37. The zero-order valence-electron chi connectivity index (χ0n) is 16.8. The van der Waals surface area contributed by atoms with Crippen molar-refractivity contribution in [3.63, 3.8) is 0 Å². The van der Waals surface area contributed by atoms with Crippen LogP contribution in [0.1, 0.15) is 24.8 Å². The van der Waals surface area contributed by atoms with E-state index < -0.39 is 11.1 Å². The van der Waals surface area contributed by atoms with Crippen molar-refractivity contribution in [1.82, 2.24) is 9.80 Å². The molecule has 0 bridgehead atoms. The number of rotatable bonds is 5. The zero-order valence-corrected chi connectivity index (χ0v) is 19.1. The summed E-state index contributed by atoms with van der Waals surface area (Å²) < 4.78 is 0. The van der Waals surface area contributed by atoms with Crippen molar-refractivity contribution in [3.05, 3.63) is 64.0 Å². The minimum Gasteiger partial charge on any atom is -0.341 e.